The molecule has 3 rings (SSSR count). The summed E-state index contributed by atoms with van der Waals surface area (Å²) in [6.45, 7) is 4.09. The highest BCUT2D eigenvalue weighted by Gasteiger charge is 2.23. The summed E-state index contributed by atoms with van der Waals surface area (Å²) in [5, 5.41) is 8.08. The molecule has 0 radical (unpaired) electrons. The van der Waals surface area contributed by atoms with Crippen molar-refractivity contribution in [2.24, 2.45) is 13.0 Å². The van der Waals surface area contributed by atoms with Gasteiger partial charge in [0.05, 0.1) is 20.0 Å². The van der Waals surface area contributed by atoms with Crippen LogP contribution in [0.25, 0.3) is 11.5 Å². The van der Waals surface area contributed by atoms with Crippen molar-refractivity contribution in [3.8, 4) is 23.0 Å². The lowest BCUT2D eigenvalue weighted by Crippen LogP contribution is -2.43. The average Bonchev–Trinajstić information content (AvgIpc) is 3.28. The van der Waals surface area contributed by atoms with E-state index in [-0.39, 0.29) is 40.7 Å². The number of nitrogens with two attached hydrogens (primary N) is 1. The van der Waals surface area contributed by atoms with Crippen LogP contribution in [0.4, 0.5) is 5.82 Å². The van der Waals surface area contributed by atoms with Gasteiger partial charge in [0.25, 0.3) is 10.8 Å². The molecular formula is C21H25N5O6S. The first kappa shape index (κ1) is 24.1. The first-order chi connectivity index (χ1) is 15.7. The van der Waals surface area contributed by atoms with Gasteiger partial charge in [-0.2, -0.15) is 0 Å². The Bertz CT molecular complexity index is 1270. The predicted octanol–water partition coefficient (Wildman–Crippen LogP) is 1.83. The third-order valence-electron chi connectivity index (χ3n) is 4.74. The van der Waals surface area contributed by atoms with Crippen LogP contribution in [0.5, 0.6) is 11.5 Å². The van der Waals surface area contributed by atoms with Gasteiger partial charge in [0.2, 0.25) is 5.89 Å². The number of nitrogens with zero attached hydrogens (tertiary/aromatic N) is 4. The monoisotopic (exact) mass is 475 g/mol. The molecule has 0 spiro atoms. The van der Waals surface area contributed by atoms with Crippen molar-refractivity contribution in [2.75, 3.05) is 25.7 Å². The normalized spacial score (nSPS) is 11.1. The lowest BCUT2D eigenvalue weighted by Gasteiger charge is -2.15. The number of carbonyl (C=O) groups excluding carboxylic acids is 1. The molecule has 0 atom stereocenters. The molecule has 0 aliphatic rings. The Morgan fingerprint density at radius 2 is 1.79 bits per heavy atom. The topological polar surface area (TPSA) is 144 Å². The SMILES string of the molecule is COc1cc(OC)cc(-c2nnc(SCC(=O)c3c(N)n(CC(C)C)c(=O)n(C)c3=O)o2)c1. The minimum absolute atomic E-state index is 0.0897. The molecule has 33 heavy (non-hydrogen) atoms. The van der Waals surface area contributed by atoms with Crippen LogP contribution in [-0.2, 0) is 13.6 Å². The van der Waals surface area contributed by atoms with E-state index in [9.17, 15) is 14.4 Å². The smallest absolute Gasteiger partial charge is 0.332 e. The molecule has 0 saturated carbocycles. The number of nitrogen functional groups attached to an aromatic ring is 1. The third kappa shape index (κ3) is 5.11. The van der Waals surface area contributed by atoms with Gasteiger partial charge in [0, 0.05) is 25.2 Å². The highest BCUT2D eigenvalue weighted by Crippen LogP contribution is 2.30. The number of hydrogen-bond acceptors (Lipinski definition) is 10. The van der Waals surface area contributed by atoms with E-state index < -0.39 is 17.0 Å². The Morgan fingerprint density at radius 3 is 2.36 bits per heavy atom. The van der Waals surface area contributed by atoms with E-state index in [1.54, 1.807) is 18.2 Å². The summed E-state index contributed by atoms with van der Waals surface area (Å²) < 4.78 is 18.3. The van der Waals surface area contributed by atoms with Gasteiger partial charge in [-0.25, -0.2) is 4.79 Å². The number of ketones is 1. The summed E-state index contributed by atoms with van der Waals surface area (Å²) in [7, 11) is 4.37. The summed E-state index contributed by atoms with van der Waals surface area (Å²) in [5.74, 6) is 0.539. The number of benzene rings is 1. The van der Waals surface area contributed by atoms with Crippen LogP contribution in [0, 0.1) is 5.92 Å². The maximum absolute atomic E-state index is 12.9. The lowest BCUT2D eigenvalue weighted by atomic mass is 10.2. The fourth-order valence-electron chi connectivity index (χ4n) is 3.10. The fraction of sp³-hybridized carbons (Fsp3) is 0.381. The van der Waals surface area contributed by atoms with Crippen LogP contribution in [-0.4, -0.2) is 45.1 Å². The Morgan fingerprint density at radius 1 is 1.15 bits per heavy atom. The molecule has 176 valence electrons. The number of hydrogen-bond donors (Lipinski definition) is 1. The molecule has 12 heteroatoms. The molecule has 11 nitrogen and oxygen atoms in total. The van der Waals surface area contributed by atoms with Crippen LogP contribution >= 0.6 is 11.8 Å². The first-order valence-corrected chi connectivity index (χ1v) is 11.0. The zero-order valence-corrected chi connectivity index (χ0v) is 19.8. The van der Waals surface area contributed by atoms with Crippen molar-refractivity contribution in [1.82, 2.24) is 19.3 Å². The molecule has 0 fully saturated rings. The summed E-state index contributed by atoms with van der Waals surface area (Å²) in [6.07, 6.45) is 0. The number of anilines is 1. The molecule has 0 unspecified atom stereocenters. The minimum atomic E-state index is -0.738. The van der Waals surface area contributed by atoms with Gasteiger partial charge in [-0.3, -0.25) is 18.7 Å². The van der Waals surface area contributed by atoms with Gasteiger partial charge in [-0.1, -0.05) is 25.6 Å². The molecular weight excluding hydrogens is 450 g/mol. The van der Waals surface area contributed by atoms with Gasteiger partial charge < -0.3 is 19.6 Å². The Balaban J connectivity index is 1.83. The molecule has 0 saturated heterocycles. The first-order valence-electron chi connectivity index (χ1n) is 9.98. The maximum Gasteiger partial charge on any atom is 0.332 e. The van der Waals surface area contributed by atoms with E-state index in [1.165, 1.54) is 25.8 Å². The maximum atomic E-state index is 12.9. The summed E-state index contributed by atoms with van der Waals surface area (Å²) in [4.78, 5) is 37.8. The molecule has 0 aliphatic heterocycles. The van der Waals surface area contributed by atoms with E-state index in [0.717, 1.165) is 16.3 Å². The van der Waals surface area contributed by atoms with Crippen molar-refractivity contribution in [3.63, 3.8) is 0 Å². The Kier molecular flexibility index (Phi) is 7.26. The van der Waals surface area contributed by atoms with E-state index in [2.05, 4.69) is 10.2 Å². The number of aromatic nitrogens is 4. The van der Waals surface area contributed by atoms with Gasteiger partial charge >= 0.3 is 5.69 Å². The van der Waals surface area contributed by atoms with E-state index in [1.807, 2.05) is 13.8 Å². The second-order valence-corrected chi connectivity index (χ2v) is 8.52. The summed E-state index contributed by atoms with van der Waals surface area (Å²) >= 11 is 0.963. The molecule has 0 bridgehead atoms. The standard InChI is InChI=1S/C21H25N5O6S/c1-11(2)9-26-17(22)16(19(28)25(3)21(26)29)15(27)10-33-20-24-23-18(32-20)12-6-13(30-4)8-14(7-12)31-5/h6-8,11H,9-10,22H2,1-5H3. The molecule has 2 aromatic heterocycles. The zero-order valence-electron chi connectivity index (χ0n) is 18.9. The second kappa shape index (κ2) is 9.94. The molecule has 0 amide bonds. The lowest BCUT2D eigenvalue weighted by molar-refractivity contribution is 0.102. The largest absolute Gasteiger partial charge is 0.497 e. The Labute approximate surface area is 193 Å². The van der Waals surface area contributed by atoms with E-state index in [4.69, 9.17) is 19.6 Å². The Hall–Kier alpha value is -3.54. The molecule has 2 N–H and O–H groups in total. The predicted molar refractivity (Wildman–Crippen MR) is 123 cm³/mol. The third-order valence-corrected chi connectivity index (χ3v) is 5.56. The van der Waals surface area contributed by atoms with Crippen molar-refractivity contribution in [3.05, 3.63) is 44.6 Å². The number of rotatable bonds is 9. The molecule has 3 aromatic rings. The van der Waals surface area contributed by atoms with Crippen LogP contribution in [0.3, 0.4) is 0 Å². The minimum Gasteiger partial charge on any atom is -0.497 e. The molecule has 0 aliphatic carbocycles. The number of carbonyl (C=O) groups is 1. The van der Waals surface area contributed by atoms with Gasteiger partial charge in [-0.05, 0) is 18.1 Å². The van der Waals surface area contributed by atoms with Crippen LogP contribution in [0.1, 0.15) is 24.2 Å². The number of Topliss-reactive ketones (excluding diaryl/α,β-unsaturated/α-hetero) is 1. The van der Waals surface area contributed by atoms with Gasteiger partial charge in [-0.15, -0.1) is 10.2 Å². The highest BCUT2D eigenvalue weighted by molar-refractivity contribution is 7.99. The van der Waals surface area contributed by atoms with Crippen molar-refractivity contribution >= 4 is 23.4 Å². The van der Waals surface area contributed by atoms with Crippen LogP contribution in [0.15, 0.2) is 37.4 Å². The highest BCUT2D eigenvalue weighted by atomic mass is 32.2. The van der Waals surface area contributed by atoms with Crippen molar-refractivity contribution in [1.29, 1.82) is 0 Å². The number of thioether (sulfide) groups is 1. The van der Waals surface area contributed by atoms with Gasteiger partial charge in [0.1, 0.15) is 22.9 Å². The summed E-state index contributed by atoms with van der Waals surface area (Å²) in [6, 6.07) is 5.12. The second-order valence-electron chi connectivity index (χ2n) is 7.60. The number of methoxy groups -OCH3 is 2. The van der Waals surface area contributed by atoms with Crippen LogP contribution < -0.4 is 26.5 Å². The number of ether oxygens (including phenoxy) is 2. The summed E-state index contributed by atoms with van der Waals surface area (Å²) in [5.41, 5.74) is 5.09. The van der Waals surface area contributed by atoms with Gasteiger partial charge in [0.15, 0.2) is 5.78 Å². The quantitative estimate of drug-likeness (QED) is 0.359. The zero-order chi connectivity index (χ0) is 24.3. The fourth-order valence-corrected chi connectivity index (χ4v) is 3.74. The van der Waals surface area contributed by atoms with E-state index in [0.29, 0.717) is 17.1 Å². The van der Waals surface area contributed by atoms with Crippen molar-refractivity contribution in [2.45, 2.75) is 25.6 Å². The average molecular weight is 476 g/mol. The van der Waals surface area contributed by atoms with E-state index >= 15 is 0 Å². The molecule has 1 aromatic carbocycles. The van der Waals surface area contributed by atoms with Crippen molar-refractivity contribution < 1.29 is 18.7 Å². The molecule has 2 heterocycles. The van der Waals surface area contributed by atoms with Crippen LogP contribution in [0.2, 0.25) is 0 Å².